The maximum absolute atomic E-state index is 2.44. The number of hydrogen-bond acceptors (Lipinski definition) is 0. The summed E-state index contributed by atoms with van der Waals surface area (Å²) in [5, 5.41) is 10.0. The molecule has 3 heteroatoms. The highest BCUT2D eigenvalue weighted by Crippen LogP contribution is 2.40. The molecule has 0 atom stereocenters. The maximum Gasteiger partial charge on any atom is 0.0543 e. The van der Waals surface area contributed by atoms with Crippen LogP contribution in [0.3, 0.4) is 0 Å². The van der Waals surface area contributed by atoms with E-state index in [9.17, 15) is 0 Å². The highest BCUT2D eigenvalue weighted by molar-refractivity contribution is 6.14. The van der Waals surface area contributed by atoms with Crippen LogP contribution in [-0.2, 0) is 6.42 Å². The molecule has 3 aromatic heterocycles. The Morgan fingerprint density at radius 2 is 0.789 bits per heavy atom. The van der Waals surface area contributed by atoms with Gasteiger partial charge >= 0.3 is 0 Å². The summed E-state index contributed by atoms with van der Waals surface area (Å²) in [6, 6.07) is 71.7. The first-order valence-corrected chi connectivity index (χ1v) is 19.9. The molecule has 3 nitrogen and oxygen atoms in total. The Balaban J connectivity index is 1.03. The Morgan fingerprint density at radius 3 is 1.46 bits per heavy atom. The van der Waals surface area contributed by atoms with Crippen molar-refractivity contribution in [2.75, 3.05) is 0 Å². The lowest BCUT2D eigenvalue weighted by atomic mass is 10.00. The van der Waals surface area contributed by atoms with Crippen molar-refractivity contribution < 1.29 is 0 Å². The molecule has 9 aromatic carbocycles. The van der Waals surface area contributed by atoms with Crippen LogP contribution in [0.5, 0.6) is 0 Å². The van der Waals surface area contributed by atoms with Crippen molar-refractivity contribution in [1.29, 1.82) is 0 Å². The smallest absolute Gasteiger partial charge is 0.0543 e. The van der Waals surface area contributed by atoms with Crippen molar-refractivity contribution in [1.82, 2.24) is 13.7 Å². The normalized spacial score (nSPS) is 12.0. The minimum atomic E-state index is 1.01. The van der Waals surface area contributed by atoms with Crippen LogP contribution in [0.1, 0.15) is 12.5 Å². The van der Waals surface area contributed by atoms with Gasteiger partial charge in [-0.2, -0.15) is 0 Å². The lowest BCUT2D eigenvalue weighted by molar-refractivity contribution is 1.13. The molecular formula is C54H37N3. The zero-order chi connectivity index (χ0) is 37.6. The Morgan fingerprint density at radius 1 is 0.298 bits per heavy atom. The Labute approximate surface area is 329 Å². The van der Waals surface area contributed by atoms with Gasteiger partial charge in [0.2, 0.25) is 0 Å². The molecule has 268 valence electrons. The minimum absolute atomic E-state index is 1.01. The molecule has 0 aliphatic rings. The van der Waals surface area contributed by atoms with Crippen LogP contribution in [0.4, 0.5) is 0 Å². The van der Waals surface area contributed by atoms with Crippen LogP contribution in [-0.4, -0.2) is 13.7 Å². The number of hydrogen-bond donors (Lipinski definition) is 0. The molecule has 0 fully saturated rings. The van der Waals surface area contributed by atoms with Gasteiger partial charge in [0.25, 0.3) is 0 Å². The highest BCUT2D eigenvalue weighted by Gasteiger charge is 2.18. The van der Waals surface area contributed by atoms with E-state index in [1.807, 2.05) is 0 Å². The Kier molecular flexibility index (Phi) is 6.91. The maximum atomic E-state index is 2.44. The van der Waals surface area contributed by atoms with Gasteiger partial charge in [0.1, 0.15) is 0 Å². The molecule has 0 saturated heterocycles. The van der Waals surface area contributed by atoms with Gasteiger partial charge in [-0.1, -0.05) is 116 Å². The predicted molar refractivity (Wildman–Crippen MR) is 242 cm³/mol. The summed E-state index contributed by atoms with van der Waals surface area (Å²) in [6.45, 7) is 2.23. The average Bonchev–Trinajstić information content (AvgIpc) is 3.91. The van der Waals surface area contributed by atoms with Crippen LogP contribution in [0, 0.1) is 0 Å². The van der Waals surface area contributed by atoms with Gasteiger partial charge in [-0.15, -0.1) is 0 Å². The van der Waals surface area contributed by atoms with Crippen LogP contribution in [0.25, 0.3) is 104 Å². The van der Waals surface area contributed by atoms with E-state index in [0.29, 0.717) is 0 Å². The molecule has 0 spiro atoms. The molecular weight excluding hydrogens is 691 g/mol. The predicted octanol–water partition coefficient (Wildman–Crippen LogP) is 14.4. The number of nitrogens with zero attached hydrogens (tertiary/aromatic N) is 3. The molecule has 12 aromatic rings. The van der Waals surface area contributed by atoms with Crippen molar-refractivity contribution in [3.63, 3.8) is 0 Å². The third-order valence-electron chi connectivity index (χ3n) is 12.2. The van der Waals surface area contributed by atoms with Gasteiger partial charge in [0, 0.05) is 49.4 Å². The molecule has 0 radical (unpaired) electrons. The minimum Gasteiger partial charge on any atom is -0.309 e. The summed E-state index contributed by atoms with van der Waals surface area (Å²) < 4.78 is 7.27. The molecule has 0 aliphatic heterocycles. The van der Waals surface area contributed by atoms with E-state index in [4.69, 9.17) is 0 Å². The molecule has 0 saturated carbocycles. The number of rotatable bonds is 5. The molecule has 12 rings (SSSR count). The van der Waals surface area contributed by atoms with Crippen molar-refractivity contribution in [3.05, 3.63) is 200 Å². The van der Waals surface area contributed by atoms with E-state index in [-0.39, 0.29) is 0 Å². The summed E-state index contributed by atoms with van der Waals surface area (Å²) in [5.74, 6) is 0. The van der Waals surface area contributed by atoms with E-state index >= 15 is 0 Å². The topological polar surface area (TPSA) is 14.8 Å². The van der Waals surface area contributed by atoms with Crippen LogP contribution in [0.15, 0.2) is 194 Å². The van der Waals surface area contributed by atoms with Crippen molar-refractivity contribution in [2.24, 2.45) is 0 Å². The first-order chi connectivity index (χ1) is 28.2. The molecule has 57 heavy (non-hydrogen) atoms. The van der Waals surface area contributed by atoms with Gasteiger partial charge in [-0.3, -0.25) is 0 Å². The lowest BCUT2D eigenvalue weighted by Crippen LogP contribution is -1.96. The van der Waals surface area contributed by atoms with Gasteiger partial charge in [0.05, 0.1) is 33.1 Å². The number of para-hydroxylation sites is 3. The Hall–Kier alpha value is -7.36. The van der Waals surface area contributed by atoms with Gasteiger partial charge in [0.15, 0.2) is 0 Å². The van der Waals surface area contributed by atoms with Gasteiger partial charge in [-0.25, -0.2) is 0 Å². The molecule has 3 heterocycles. The summed E-state index contributed by atoms with van der Waals surface area (Å²) in [7, 11) is 0. The van der Waals surface area contributed by atoms with E-state index < -0.39 is 0 Å². The van der Waals surface area contributed by atoms with Gasteiger partial charge < -0.3 is 13.7 Å². The number of benzene rings is 9. The monoisotopic (exact) mass is 727 g/mol. The zero-order valence-electron chi connectivity index (χ0n) is 31.5. The molecule has 0 amide bonds. The fourth-order valence-corrected chi connectivity index (χ4v) is 9.45. The number of aromatic nitrogens is 3. The standard InChI is InChI=1S/C54H37N3/c1-2-35-20-26-45-47-33-39(22-27-51(47)55(54(45)30-35)40-14-4-3-5-15-40)38-23-28-52-46(32-38)43-16-8-10-18-49(43)57(52)42-25-29-53-48(34-42)44-17-9-11-19-50(44)56(53)41-24-21-36-12-6-7-13-37(36)31-41/h3-34H,2H2,1H3. The van der Waals surface area contributed by atoms with Crippen molar-refractivity contribution >= 4 is 76.2 Å². The second-order valence-electron chi connectivity index (χ2n) is 15.3. The average molecular weight is 728 g/mol. The fraction of sp³-hybridized carbons (Fsp3) is 0.0370. The second-order valence-corrected chi connectivity index (χ2v) is 15.3. The largest absolute Gasteiger partial charge is 0.309 e. The second kappa shape index (κ2) is 12.3. The summed E-state index contributed by atoms with van der Waals surface area (Å²) in [6.07, 6.45) is 1.01. The van der Waals surface area contributed by atoms with Crippen molar-refractivity contribution in [3.8, 4) is 28.2 Å². The van der Waals surface area contributed by atoms with E-state index in [2.05, 4.69) is 215 Å². The number of fused-ring (bicyclic) bond motifs is 10. The third-order valence-corrected chi connectivity index (χ3v) is 12.2. The summed E-state index contributed by atoms with van der Waals surface area (Å²) >= 11 is 0. The van der Waals surface area contributed by atoms with E-state index in [1.54, 1.807) is 0 Å². The van der Waals surface area contributed by atoms with E-state index in [0.717, 1.165) is 12.1 Å². The van der Waals surface area contributed by atoms with Crippen LogP contribution in [0.2, 0.25) is 0 Å². The summed E-state index contributed by atoms with van der Waals surface area (Å²) in [4.78, 5) is 0. The van der Waals surface area contributed by atoms with E-state index in [1.165, 1.54) is 104 Å². The first kappa shape index (κ1) is 31.9. The van der Waals surface area contributed by atoms with Crippen LogP contribution >= 0.6 is 0 Å². The van der Waals surface area contributed by atoms with Gasteiger partial charge in [-0.05, 0) is 119 Å². The molecule has 0 aliphatic carbocycles. The first-order valence-electron chi connectivity index (χ1n) is 19.9. The summed E-state index contributed by atoms with van der Waals surface area (Å²) in [5.41, 5.74) is 14.6. The fourth-order valence-electron chi connectivity index (χ4n) is 9.45. The third kappa shape index (κ3) is 4.79. The molecule has 0 N–H and O–H groups in total. The van der Waals surface area contributed by atoms with Crippen LogP contribution < -0.4 is 0 Å². The SMILES string of the molecule is CCc1ccc2c3cc(-c4ccc5c(c4)c4ccccc4n5-c4ccc5c(c4)c4ccccc4n5-c4ccc5ccccc5c4)ccc3n(-c3ccccc3)c2c1. The quantitative estimate of drug-likeness (QED) is 0.168. The highest BCUT2D eigenvalue weighted by atomic mass is 15.0. The number of aryl methyl sites for hydroxylation is 1. The van der Waals surface area contributed by atoms with Crippen molar-refractivity contribution in [2.45, 2.75) is 13.3 Å². The molecule has 0 unspecified atom stereocenters. The lowest BCUT2D eigenvalue weighted by Gasteiger charge is -2.11. The molecule has 0 bridgehead atoms. The zero-order valence-corrected chi connectivity index (χ0v) is 31.5. The Bertz CT molecular complexity index is 3560.